The van der Waals surface area contributed by atoms with Crippen LogP contribution in [0.5, 0.6) is 0 Å². The number of thioether (sulfide) groups is 1. The largest absolute Gasteiger partial charge is 0.300 e. The van der Waals surface area contributed by atoms with Gasteiger partial charge in [-0.1, -0.05) is 29.8 Å². The minimum absolute atomic E-state index is 0.641. The van der Waals surface area contributed by atoms with E-state index < -0.39 is 0 Å². The molecule has 0 aliphatic carbocycles. The molecule has 0 amide bonds. The third kappa shape index (κ3) is 3.96. The van der Waals surface area contributed by atoms with Crippen LogP contribution in [-0.2, 0) is 18.1 Å². The molecule has 1 heterocycles. The van der Waals surface area contributed by atoms with Crippen molar-refractivity contribution in [2.75, 3.05) is 0 Å². The van der Waals surface area contributed by atoms with E-state index in [2.05, 4.69) is 16.8 Å². The number of benzene rings is 1. The molecule has 100 valence electrons. The van der Waals surface area contributed by atoms with Gasteiger partial charge in [0.05, 0.1) is 5.75 Å². The molecule has 6 heteroatoms. The van der Waals surface area contributed by atoms with Gasteiger partial charge in [-0.05, 0) is 29.9 Å². The number of allylic oxidation sites excluding steroid dienone is 1. The maximum absolute atomic E-state index is 5.85. The third-order valence-corrected chi connectivity index (χ3v) is 4.13. The zero-order chi connectivity index (χ0) is 13.7. The molecule has 0 radical (unpaired) electrons. The summed E-state index contributed by atoms with van der Waals surface area (Å²) >= 11 is 12.8. The van der Waals surface area contributed by atoms with Crippen molar-refractivity contribution in [3.05, 3.63) is 58.1 Å². The zero-order valence-electron chi connectivity index (χ0n) is 10.3. The summed E-state index contributed by atoms with van der Waals surface area (Å²) in [6, 6.07) is 7.89. The minimum Gasteiger partial charge on any atom is -0.300 e. The van der Waals surface area contributed by atoms with Crippen molar-refractivity contribution in [3.63, 3.8) is 0 Å². The molecule has 3 nitrogen and oxygen atoms in total. The van der Waals surface area contributed by atoms with Crippen LogP contribution < -0.4 is 0 Å². The summed E-state index contributed by atoms with van der Waals surface area (Å²) in [6.07, 6.45) is 1.82. The first-order chi connectivity index (χ1) is 9.20. The molecule has 2 rings (SSSR count). The fraction of sp³-hybridized carbons (Fsp3) is 0.231. The van der Waals surface area contributed by atoms with Gasteiger partial charge in [-0.15, -0.1) is 18.3 Å². The lowest BCUT2D eigenvalue weighted by atomic mass is 10.2. The predicted molar refractivity (Wildman–Crippen MR) is 84.1 cm³/mol. The van der Waals surface area contributed by atoms with Crippen LogP contribution in [0.4, 0.5) is 0 Å². The Labute approximate surface area is 126 Å². The lowest BCUT2D eigenvalue weighted by Gasteiger charge is -2.04. The molecule has 0 saturated heterocycles. The van der Waals surface area contributed by atoms with Crippen molar-refractivity contribution >= 4 is 35.6 Å². The molecule has 0 fully saturated rings. The van der Waals surface area contributed by atoms with Crippen molar-refractivity contribution in [1.82, 2.24) is 14.8 Å². The number of nitrogens with zero attached hydrogens (tertiary/aromatic N) is 2. The number of aromatic amines is 1. The third-order valence-electron chi connectivity index (χ3n) is 2.56. The van der Waals surface area contributed by atoms with Crippen molar-refractivity contribution in [3.8, 4) is 0 Å². The Morgan fingerprint density at radius 2 is 2.11 bits per heavy atom. The monoisotopic (exact) mass is 311 g/mol. The van der Waals surface area contributed by atoms with Crippen molar-refractivity contribution in [2.24, 2.45) is 0 Å². The molecule has 0 bridgehead atoms. The molecule has 19 heavy (non-hydrogen) atoms. The molecule has 2 aromatic rings. The SMILES string of the molecule is C=CCn1c(CSCc2ccc(Cl)cc2)n[nH]c1=S. The van der Waals surface area contributed by atoms with Gasteiger partial charge in [0, 0.05) is 17.3 Å². The standard InChI is InChI=1S/C13H14ClN3S2/c1-2-7-17-12(15-16-13(17)18)9-19-8-10-3-5-11(14)6-4-10/h2-6H,1,7-9H2,(H,16,18). The van der Waals surface area contributed by atoms with Crippen molar-refractivity contribution in [2.45, 2.75) is 18.1 Å². The molecule has 0 aliphatic rings. The van der Waals surface area contributed by atoms with Gasteiger partial charge in [0.2, 0.25) is 0 Å². The predicted octanol–water partition coefficient (Wildman–Crippen LogP) is 4.21. The molecular weight excluding hydrogens is 298 g/mol. The van der Waals surface area contributed by atoms with E-state index in [9.17, 15) is 0 Å². The van der Waals surface area contributed by atoms with Crippen LogP contribution in [0.3, 0.4) is 0 Å². The molecule has 0 atom stereocenters. The number of halogens is 1. The highest BCUT2D eigenvalue weighted by atomic mass is 35.5. The first-order valence-corrected chi connectivity index (χ1v) is 7.72. The van der Waals surface area contributed by atoms with Crippen LogP contribution in [0.25, 0.3) is 0 Å². The highest BCUT2D eigenvalue weighted by Gasteiger charge is 2.04. The Bertz CT molecular complexity index is 601. The summed E-state index contributed by atoms with van der Waals surface area (Å²) in [6.45, 7) is 4.41. The van der Waals surface area contributed by atoms with E-state index in [1.54, 1.807) is 11.8 Å². The smallest absolute Gasteiger partial charge is 0.195 e. The number of aromatic nitrogens is 3. The van der Waals surface area contributed by atoms with Crippen LogP contribution in [0.15, 0.2) is 36.9 Å². The summed E-state index contributed by atoms with van der Waals surface area (Å²) < 4.78 is 2.60. The Hall–Kier alpha value is -1.04. The topological polar surface area (TPSA) is 33.6 Å². The van der Waals surface area contributed by atoms with E-state index in [-0.39, 0.29) is 0 Å². The maximum Gasteiger partial charge on any atom is 0.195 e. The molecule has 0 spiro atoms. The molecule has 0 saturated carbocycles. The van der Waals surface area contributed by atoms with Gasteiger partial charge in [0.25, 0.3) is 0 Å². The van der Waals surface area contributed by atoms with E-state index in [1.807, 2.05) is 34.9 Å². The van der Waals surface area contributed by atoms with Gasteiger partial charge in [0.15, 0.2) is 4.77 Å². The number of nitrogens with one attached hydrogen (secondary N) is 1. The Kier molecular flexibility index (Phi) is 5.24. The minimum atomic E-state index is 0.641. The molecule has 1 aromatic carbocycles. The van der Waals surface area contributed by atoms with E-state index in [1.165, 1.54) is 5.56 Å². The normalized spacial score (nSPS) is 10.6. The zero-order valence-corrected chi connectivity index (χ0v) is 12.7. The first kappa shape index (κ1) is 14.4. The first-order valence-electron chi connectivity index (χ1n) is 5.78. The molecule has 1 aromatic heterocycles. The molecule has 1 N–H and O–H groups in total. The summed E-state index contributed by atoms with van der Waals surface area (Å²) in [4.78, 5) is 0. The van der Waals surface area contributed by atoms with Gasteiger partial charge in [-0.3, -0.25) is 9.67 Å². The molecule has 0 aliphatic heterocycles. The van der Waals surface area contributed by atoms with Gasteiger partial charge in [-0.2, -0.15) is 5.10 Å². The Morgan fingerprint density at radius 3 is 2.79 bits per heavy atom. The fourth-order valence-corrected chi connectivity index (χ4v) is 2.90. The van der Waals surface area contributed by atoms with Gasteiger partial charge >= 0.3 is 0 Å². The lowest BCUT2D eigenvalue weighted by molar-refractivity contribution is 0.766. The van der Waals surface area contributed by atoms with E-state index in [0.29, 0.717) is 11.3 Å². The van der Waals surface area contributed by atoms with Crippen molar-refractivity contribution < 1.29 is 0 Å². The van der Waals surface area contributed by atoms with Crippen LogP contribution in [-0.4, -0.2) is 14.8 Å². The second kappa shape index (κ2) is 6.93. The number of H-pyrrole nitrogens is 1. The van der Waals surface area contributed by atoms with Gasteiger partial charge < -0.3 is 0 Å². The Morgan fingerprint density at radius 1 is 1.37 bits per heavy atom. The average molecular weight is 312 g/mol. The van der Waals surface area contributed by atoms with Gasteiger partial charge in [0.1, 0.15) is 5.82 Å². The van der Waals surface area contributed by atoms with Crippen molar-refractivity contribution in [1.29, 1.82) is 0 Å². The highest BCUT2D eigenvalue weighted by Crippen LogP contribution is 2.18. The van der Waals surface area contributed by atoms with E-state index in [4.69, 9.17) is 23.8 Å². The molecule has 0 unspecified atom stereocenters. The summed E-state index contributed by atoms with van der Waals surface area (Å²) in [7, 11) is 0. The summed E-state index contributed by atoms with van der Waals surface area (Å²) in [5.41, 5.74) is 1.25. The summed E-state index contributed by atoms with van der Waals surface area (Å²) in [5, 5.41) is 7.82. The molecular formula is C13H14ClN3S2. The second-order valence-corrected chi connectivity index (χ2v) is 5.77. The summed E-state index contributed by atoms with van der Waals surface area (Å²) in [5.74, 6) is 2.68. The van der Waals surface area contributed by atoms with Crippen LogP contribution in [0.1, 0.15) is 11.4 Å². The Balaban J connectivity index is 1.94. The second-order valence-electron chi connectivity index (χ2n) is 3.96. The fourth-order valence-electron chi connectivity index (χ4n) is 1.62. The number of rotatable bonds is 6. The average Bonchev–Trinajstić information content (AvgIpc) is 2.74. The van der Waals surface area contributed by atoms with Gasteiger partial charge in [-0.25, -0.2) is 0 Å². The number of hydrogen-bond acceptors (Lipinski definition) is 3. The van der Waals surface area contributed by atoms with E-state index >= 15 is 0 Å². The maximum atomic E-state index is 5.85. The van der Waals surface area contributed by atoms with E-state index in [0.717, 1.165) is 22.4 Å². The lowest BCUT2D eigenvalue weighted by Crippen LogP contribution is -2.01. The highest BCUT2D eigenvalue weighted by molar-refractivity contribution is 7.97. The van der Waals surface area contributed by atoms with Crippen LogP contribution >= 0.6 is 35.6 Å². The quantitative estimate of drug-likeness (QED) is 0.641. The van der Waals surface area contributed by atoms with Crippen LogP contribution in [0, 0.1) is 4.77 Å². The van der Waals surface area contributed by atoms with Crippen LogP contribution in [0.2, 0.25) is 5.02 Å². The number of hydrogen-bond donors (Lipinski definition) is 1.